The summed E-state index contributed by atoms with van der Waals surface area (Å²) in [6.07, 6.45) is -0.761. The SMILES string of the molecule is O=C(O)N(CCc1ccc(Cl)cc1Cl)c1ccc([N+](=O)[O-])cc1. The van der Waals surface area contributed by atoms with Crippen LogP contribution in [-0.4, -0.2) is 22.7 Å². The van der Waals surface area contributed by atoms with Crippen molar-refractivity contribution in [2.75, 3.05) is 11.4 Å². The van der Waals surface area contributed by atoms with Gasteiger partial charge < -0.3 is 5.11 Å². The fourth-order valence-electron chi connectivity index (χ4n) is 2.05. The zero-order valence-electron chi connectivity index (χ0n) is 11.8. The van der Waals surface area contributed by atoms with Crippen LogP contribution < -0.4 is 4.90 Å². The summed E-state index contributed by atoms with van der Waals surface area (Å²) in [5.74, 6) is 0. The molecule has 6 nitrogen and oxygen atoms in total. The molecule has 0 aliphatic heterocycles. The van der Waals surface area contributed by atoms with Gasteiger partial charge in [0.25, 0.3) is 5.69 Å². The zero-order valence-corrected chi connectivity index (χ0v) is 13.3. The summed E-state index contributed by atoms with van der Waals surface area (Å²) >= 11 is 11.9. The van der Waals surface area contributed by atoms with E-state index in [2.05, 4.69) is 0 Å². The summed E-state index contributed by atoms with van der Waals surface area (Å²) in [6.45, 7) is 0.161. The molecule has 0 aromatic heterocycles. The summed E-state index contributed by atoms with van der Waals surface area (Å²) in [5.41, 5.74) is 1.03. The number of halogens is 2. The van der Waals surface area contributed by atoms with Gasteiger partial charge >= 0.3 is 6.09 Å². The fraction of sp³-hybridized carbons (Fsp3) is 0.133. The van der Waals surface area contributed by atoms with E-state index in [0.29, 0.717) is 22.2 Å². The summed E-state index contributed by atoms with van der Waals surface area (Å²) in [4.78, 5) is 22.6. The van der Waals surface area contributed by atoms with Crippen molar-refractivity contribution in [2.24, 2.45) is 0 Å². The van der Waals surface area contributed by atoms with Gasteiger partial charge in [-0.1, -0.05) is 29.3 Å². The van der Waals surface area contributed by atoms with Gasteiger partial charge in [-0.15, -0.1) is 0 Å². The molecule has 2 rings (SSSR count). The average molecular weight is 355 g/mol. The maximum atomic E-state index is 11.4. The predicted octanol–water partition coefficient (Wildman–Crippen LogP) is 4.63. The molecule has 0 saturated carbocycles. The Labute approximate surface area is 142 Å². The third-order valence-electron chi connectivity index (χ3n) is 3.22. The molecule has 0 unspecified atom stereocenters. The Morgan fingerprint density at radius 3 is 2.35 bits per heavy atom. The van der Waals surface area contributed by atoms with E-state index >= 15 is 0 Å². The van der Waals surface area contributed by atoms with Crippen LogP contribution in [-0.2, 0) is 6.42 Å². The van der Waals surface area contributed by atoms with Gasteiger partial charge in [0.2, 0.25) is 0 Å². The van der Waals surface area contributed by atoms with Crippen LogP contribution in [0, 0.1) is 10.1 Å². The minimum absolute atomic E-state index is 0.0974. The van der Waals surface area contributed by atoms with Crippen LogP contribution in [0.25, 0.3) is 0 Å². The van der Waals surface area contributed by atoms with E-state index in [-0.39, 0.29) is 12.2 Å². The van der Waals surface area contributed by atoms with Gasteiger partial charge in [0.15, 0.2) is 0 Å². The van der Waals surface area contributed by atoms with Gasteiger partial charge in [0.05, 0.1) is 4.92 Å². The van der Waals surface area contributed by atoms with Crippen molar-refractivity contribution in [1.82, 2.24) is 0 Å². The van der Waals surface area contributed by atoms with E-state index in [4.69, 9.17) is 23.2 Å². The third kappa shape index (κ3) is 4.34. The number of nitro benzene ring substituents is 1. The molecule has 1 N–H and O–H groups in total. The molecular weight excluding hydrogens is 343 g/mol. The molecule has 120 valence electrons. The number of non-ortho nitro benzene ring substituents is 1. The second-order valence-corrected chi connectivity index (χ2v) is 5.54. The van der Waals surface area contributed by atoms with Gasteiger partial charge in [-0.3, -0.25) is 15.0 Å². The van der Waals surface area contributed by atoms with Gasteiger partial charge in [-0.05, 0) is 36.2 Å². The lowest BCUT2D eigenvalue weighted by molar-refractivity contribution is -0.384. The van der Waals surface area contributed by atoms with Crippen molar-refractivity contribution in [2.45, 2.75) is 6.42 Å². The summed E-state index contributed by atoms with van der Waals surface area (Å²) in [5, 5.41) is 20.9. The number of nitro groups is 1. The van der Waals surface area contributed by atoms with Crippen molar-refractivity contribution in [3.8, 4) is 0 Å². The largest absolute Gasteiger partial charge is 0.465 e. The Hall–Kier alpha value is -2.31. The second kappa shape index (κ2) is 7.30. The van der Waals surface area contributed by atoms with Gasteiger partial charge in [-0.2, -0.15) is 0 Å². The average Bonchev–Trinajstić information content (AvgIpc) is 2.49. The van der Waals surface area contributed by atoms with Gasteiger partial charge in [0, 0.05) is 34.4 Å². The number of amides is 1. The molecule has 0 heterocycles. The van der Waals surface area contributed by atoms with Crippen molar-refractivity contribution in [3.05, 3.63) is 68.2 Å². The van der Waals surface area contributed by atoms with Crippen molar-refractivity contribution in [3.63, 3.8) is 0 Å². The van der Waals surface area contributed by atoms with E-state index in [9.17, 15) is 20.0 Å². The first-order valence-electron chi connectivity index (χ1n) is 6.57. The number of hydrogen-bond acceptors (Lipinski definition) is 3. The Morgan fingerprint density at radius 2 is 1.83 bits per heavy atom. The molecule has 0 aliphatic rings. The zero-order chi connectivity index (χ0) is 17.0. The van der Waals surface area contributed by atoms with Crippen molar-refractivity contribution >= 4 is 40.7 Å². The molecule has 2 aromatic carbocycles. The standard InChI is InChI=1S/C15H12Cl2N2O4/c16-11-2-1-10(14(17)9-11)7-8-18(15(20)21)12-3-5-13(6-4-12)19(22)23/h1-6,9H,7-8H2,(H,20,21). The molecule has 0 bridgehead atoms. The lowest BCUT2D eigenvalue weighted by Gasteiger charge is -2.19. The molecule has 1 amide bonds. The maximum Gasteiger partial charge on any atom is 0.411 e. The van der Waals surface area contributed by atoms with E-state index in [0.717, 1.165) is 10.5 Å². The molecule has 23 heavy (non-hydrogen) atoms. The molecule has 0 radical (unpaired) electrons. The van der Waals surface area contributed by atoms with Crippen LogP contribution in [0.15, 0.2) is 42.5 Å². The normalized spacial score (nSPS) is 10.3. The summed E-state index contributed by atoms with van der Waals surface area (Å²) in [6, 6.07) is 10.3. The molecule has 0 atom stereocenters. The molecule has 0 fully saturated rings. The first kappa shape index (κ1) is 17.1. The first-order valence-corrected chi connectivity index (χ1v) is 7.33. The predicted molar refractivity (Wildman–Crippen MR) is 88.6 cm³/mol. The Kier molecular flexibility index (Phi) is 5.41. The number of hydrogen-bond donors (Lipinski definition) is 1. The number of anilines is 1. The van der Waals surface area contributed by atoms with Crippen LogP contribution in [0.1, 0.15) is 5.56 Å². The van der Waals surface area contributed by atoms with Crippen LogP contribution in [0.4, 0.5) is 16.2 Å². The smallest absolute Gasteiger partial charge is 0.411 e. The molecular formula is C15H12Cl2N2O4. The van der Waals surface area contributed by atoms with Crippen LogP contribution in [0.2, 0.25) is 10.0 Å². The summed E-state index contributed by atoms with van der Waals surface area (Å²) in [7, 11) is 0. The molecule has 0 spiro atoms. The number of carboxylic acid groups (broad SMARTS) is 1. The molecule has 0 aliphatic carbocycles. The van der Waals surface area contributed by atoms with Crippen molar-refractivity contribution in [1.29, 1.82) is 0 Å². The second-order valence-electron chi connectivity index (χ2n) is 4.69. The monoisotopic (exact) mass is 354 g/mol. The Bertz CT molecular complexity index is 735. The topological polar surface area (TPSA) is 83.7 Å². The third-order valence-corrected chi connectivity index (χ3v) is 3.81. The number of nitrogens with zero attached hydrogens (tertiary/aromatic N) is 2. The highest BCUT2D eigenvalue weighted by atomic mass is 35.5. The highest BCUT2D eigenvalue weighted by Gasteiger charge is 2.16. The van der Waals surface area contributed by atoms with E-state index in [1.165, 1.54) is 24.3 Å². The van der Waals surface area contributed by atoms with Crippen LogP contribution in [0.5, 0.6) is 0 Å². The summed E-state index contributed by atoms with van der Waals surface area (Å²) < 4.78 is 0. The number of carbonyl (C=O) groups is 1. The Morgan fingerprint density at radius 1 is 1.17 bits per heavy atom. The fourth-order valence-corrected chi connectivity index (χ4v) is 2.55. The molecule has 8 heteroatoms. The number of benzene rings is 2. The van der Waals surface area contributed by atoms with E-state index in [1.807, 2.05) is 0 Å². The minimum atomic E-state index is -1.15. The van der Waals surface area contributed by atoms with Crippen LogP contribution >= 0.6 is 23.2 Å². The molecule has 2 aromatic rings. The highest BCUT2D eigenvalue weighted by Crippen LogP contribution is 2.23. The highest BCUT2D eigenvalue weighted by molar-refractivity contribution is 6.35. The quantitative estimate of drug-likeness (QED) is 0.626. The maximum absolute atomic E-state index is 11.4. The molecule has 0 saturated heterocycles. The Balaban J connectivity index is 2.15. The number of rotatable bonds is 5. The first-order chi connectivity index (χ1) is 10.9. The van der Waals surface area contributed by atoms with Gasteiger partial charge in [0.1, 0.15) is 0 Å². The van der Waals surface area contributed by atoms with E-state index in [1.54, 1.807) is 18.2 Å². The van der Waals surface area contributed by atoms with Crippen LogP contribution in [0.3, 0.4) is 0 Å². The lowest BCUT2D eigenvalue weighted by atomic mass is 10.1. The van der Waals surface area contributed by atoms with E-state index < -0.39 is 11.0 Å². The van der Waals surface area contributed by atoms with Crippen molar-refractivity contribution < 1.29 is 14.8 Å². The lowest BCUT2D eigenvalue weighted by Crippen LogP contribution is -2.31. The minimum Gasteiger partial charge on any atom is -0.465 e. The van der Waals surface area contributed by atoms with Gasteiger partial charge in [-0.25, -0.2) is 4.79 Å².